The molecule has 1 heterocycles. The first-order valence-electron chi connectivity index (χ1n) is 4.19. The van der Waals surface area contributed by atoms with Crippen LogP contribution < -0.4 is 4.74 Å². The Morgan fingerprint density at radius 1 is 1.50 bits per heavy atom. The van der Waals surface area contributed by atoms with E-state index in [-0.39, 0.29) is 5.82 Å². The van der Waals surface area contributed by atoms with Gasteiger partial charge in [-0.15, -0.1) is 0 Å². The fourth-order valence-electron chi connectivity index (χ4n) is 1.54. The van der Waals surface area contributed by atoms with Crippen LogP contribution in [-0.2, 0) is 0 Å². The molecular weight excluding hydrogens is 155 g/mol. The fraction of sp³-hybridized carbons (Fsp3) is 0.400. The highest BCUT2D eigenvalue weighted by atomic mass is 19.1. The molecule has 2 heteroatoms. The van der Waals surface area contributed by atoms with Gasteiger partial charge in [-0.2, -0.15) is 0 Å². The van der Waals surface area contributed by atoms with Gasteiger partial charge in [-0.25, -0.2) is 4.39 Å². The molecule has 0 radical (unpaired) electrons. The molecule has 12 heavy (non-hydrogen) atoms. The van der Waals surface area contributed by atoms with Gasteiger partial charge in [0.05, 0.1) is 6.61 Å². The van der Waals surface area contributed by atoms with Crippen molar-refractivity contribution >= 4 is 0 Å². The summed E-state index contributed by atoms with van der Waals surface area (Å²) in [6.45, 7) is 2.84. The first-order chi connectivity index (χ1) is 5.77. The van der Waals surface area contributed by atoms with E-state index in [1.165, 1.54) is 12.1 Å². The molecule has 2 rings (SSSR count). The van der Waals surface area contributed by atoms with Crippen LogP contribution in [0.25, 0.3) is 0 Å². The van der Waals surface area contributed by atoms with Crippen molar-refractivity contribution in [3.8, 4) is 5.75 Å². The fourth-order valence-corrected chi connectivity index (χ4v) is 1.54. The van der Waals surface area contributed by atoms with E-state index >= 15 is 0 Å². The van der Waals surface area contributed by atoms with Crippen molar-refractivity contribution in [1.82, 2.24) is 0 Å². The molecule has 0 fully saturated rings. The van der Waals surface area contributed by atoms with E-state index in [1.54, 1.807) is 0 Å². The van der Waals surface area contributed by atoms with Gasteiger partial charge in [0.25, 0.3) is 0 Å². The predicted molar refractivity (Wildman–Crippen MR) is 44.9 cm³/mol. The minimum atomic E-state index is -0.220. The van der Waals surface area contributed by atoms with Crippen LogP contribution in [0.2, 0.25) is 0 Å². The van der Waals surface area contributed by atoms with Crippen LogP contribution in [0.4, 0.5) is 4.39 Å². The Hall–Kier alpha value is -1.05. The average Bonchev–Trinajstić information content (AvgIpc) is 2.04. The molecule has 1 aliphatic heterocycles. The van der Waals surface area contributed by atoms with E-state index in [0.717, 1.165) is 12.0 Å². The zero-order valence-corrected chi connectivity index (χ0v) is 7.01. The van der Waals surface area contributed by atoms with Crippen molar-refractivity contribution in [3.63, 3.8) is 0 Å². The average molecular weight is 166 g/mol. The number of ether oxygens (including phenoxy) is 1. The largest absolute Gasteiger partial charge is 0.493 e. The second-order valence-corrected chi connectivity index (χ2v) is 3.22. The van der Waals surface area contributed by atoms with Crippen LogP contribution in [0.1, 0.15) is 24.8 Å². The first-order valence-corrected chi connectivity index (χ1v) is 4.19. The molecule has 0 saturated carbocycles. The van der Waals surface area contributed by atoms with Gasteiger partial charge in [-0.05, 0) is 24.0 Å². The summed E-state index contributed by atoms with van der Waals surface area (Å²) in [5.41, 5.74) is 1.13. The third kappa shape index (κ3) is 1.17. The van der Waals surface area contributed by atoms with Gasteiger partial charge in [0.2, 0.25) is 0 Å². The van der Waals surface area contributed by atoms with Gasteiger partial charge in [0.15, 0.2) is 0 Å². The third-order valence-corrected chi connectivity index (χ3v) is 2.31. The maximum atomic E-state index is 12.7. The smallest absolute Gasteiger partial charge is 0.126 e. The number of fused-ring (bicyclic) bond motifs is 1. The van der Waals surface area contributed by atoms with Crippen LogP contribution >= 0.6 is 0 Å². The Bertz CT molecular complexity index is 296. The summed E-state index contributed by atoms with van der Waals surface area (Å²) < 4.78 is 18.1. The predicted octanol–water partition coefficient (Wildman–Crippen LogP) is 2.71. The Labute approximate surface area is 71.2 Å². The number of halogens is 1. The SMILES string of the molecule is C[C@@H]1CCOc2cc(F)ccc21. The monoisotopic (exact) mass is 166 g/mol. The lowest BCUT2D eigenvalue weighted by Gasteiger charge is -2.22. The normalized spacial score (nSPS) is 21.3. The van der Waals surface area contributed by atoms with Gasteiger partial charge >= 0.3 is 0 Å². The molecule has 0 saturated heterocycles. The maximum Gasteiger partial charge on any atom is 0.126 e. The van der Waals surface area contributed by atoms with Gasteiger partial charge in [0, 0.05) is 6.07 Å². The summed E-state index contributed by atoms with van der Waals surface area (Å²) in [4.78, 5) is 0. The van der Waals surface area contributed by atoms with Crippen LogP contribution in [0.3, 0.4) is 0 Å². The molecule has 0 N–H and O–H groups in total. The highest BCUT2D eigenvalue weighted by Crippen LogP contribution is 2.33. The van der Waals surface area contributed by atoms with E-state index in [2.05, 4.69) is 6.92 Å². The summed E-state index contributed by atoms with van der Waals surface area (Å²) in [7, 11) is 0. The summed E-state index contributed by atoms with van der Waals surface area (Å²) in [6, 6.07) is 4.77. The van der Waals surface area contributed by atoms with Crippen LogP contribution in [-0.4, -0.2) is 6.61 Å². The molecule has 1 aliphatic rings. The van der Waals surface area contributed by atoms with Gasteiger partial charge in [0.1, 0.15) is 11.6 Å². The number of hydrogen-bond donors (Lipinski definition) is 0. The van der Waals surface area contributed by atoms with E-state index < -0.39 is 0 Å². The molecule has 64 valence electrons. The molecular formula is C10H11FO. The third-order valence-electron chi connectivity index (χ3n) is 2.31. The summed E-state index contributed by atoms with van der Waals surface area (Å²) in [6.07, 6.45) is 1.03. The molecule has 0 spiro atoms. The lowest BCUT2D eigenvalue weighted by molar-refractivity contribution is 0.271. The maximum absolute atomic E-state index is 12.7. The Morgan fingerprint density at radius 3 is 3.17 bits per heavy atom. The van der Waals surface area contributed by atoms with E-state index in [4.69, 9.17) is 4.74 Å². The lowest BCUT2D eigenvalue weighted by atomic mass is 9.95. The highest BCUT2D eigenvalue weighted by molar-refractivity contribution is 5.37. The second-order valence-electron chi connectivity index (χ2n) is 3.22. The minimum Gasteiger partial charge on any atom is -0.493 e. The Morgan fingerprint density at radius 2 is 2.33 bits per heavy atom. The molecule has 0 aliphatic carbocycles. The summed E-state index contributed by atoms with van der Waals surface area (Å²) in [5.74, 6) is 0.992. The Kier molecular flexibility index (Phi) is 1.75. The molecule has 0 amide bonds. The zero-order valence-electron chi connectivity index (χ0n) is 7.01. The van der Waals surface area contributed by atoms with Crippen molar-refractivity contribution in [1.29, 1.82) is 0 Å². The topological polar surface area (TPSA) is 9.23 Å². The van der Waals surface area contributed by atoms with Crippen LogP contribution in [0.15, 0.2) is 18.2 Å². The van der Waals surface area contributed by atoms with E-state index in [1.807, 2.05) is 6.07 Å². The van der Waals surface area contributed by atoms with Gasteiger partial charge in [-0.1, -0.05) is 13.0 Å². The molecule has 1 atom stereocenters. The van der Waals surface area contributed by atoms with Crippen molar-refractivity contribution in [2.45, 2.75) is 19.3 Å². The zero-order chi connectivity index (χ0) is 8.55. The molecule has 0 unspecified atom stereocenters. The standard InChI is InChI=1S/C10H11FO/c1-7-4-5-12-10-6-8(11)2-3-9(7)10/h2-3,6-7H,4-5H2,1H3/t7-/m1/s1. The van der Waals surface area contributed by atoms with Crippen molar-refractivity contribution in [2.24, 2.45) is 0 Å². The van der Waals surface area contributed by atoms with Gasteiger partial charge in [-0.3, -0.25) is 0 Å². The van der Waals surface area contributed by atoms with Crippen molar-refractivity contribution < 1.29 is 9.13 Å². The summed E-state index contributed by atoms with van der Waals surface area (Å²) >= 11 is 0. The minimum absolute atomic E-state index is 0.220. The lowest BCUT2D eigenvalue weighted by Crippen LogP contribution is -2.11. The van der Waals surface area contributed by atoms with Crippen molar-refractivity contribution in [2.75, 3.05) is 6.61 Å². The number of hydrogen-bond acceptors (Lipinski definition) is 1. The molecule has 0 aromatic heterocycles. The first kappa shape index (κ1) is 7.59. The number of rotatable bonds is 0. The molecule has 1 aromatic carbocycles. The highest BCUT2D eigenvalue weighted by Gasteiger charge is 2.17. The van der Waals surface area contributed by atoms with Crippen molar-refractivity contribution in [3.05, 3.63) is 29.6 Å². The van der Waals surface area contributed by atoms with E-state index in [9.17, 15) is 4.39 Å². The van der Waals surface area contributed by atoms with Gasteiger partial charge < -0.3 is 4.74 Å². The quantitative estimate of drug-likeness (QED) is 0.575. The second kappa shape index (κ2) is 2.77. The summed E-state index contributed by atoms with van der Waals surface area (Å²) in [5, 5.41) is 0. The van der Waals surface area contributed by atoms with Crippen LogP contribution in [0.5, 0.6) is 5.75 Å². The molecule has 0 bridgehead atoms. The number of benzene rings is 1. The Balaban J connectivity index is 2.46. The molecule has 1 aromatic rings. The molecule has 1 nitrogen and oxygen atoms in total. The van der Waals surface area contributed by atoms with E-state index in [0.29, 0.717) is 18.3 Å². The van der Waals surface area contributed by atoms with Crippen LogP contribution in [0, 0.1) is 5.82 Å².